The lowest BCUT2D eigenvalue weighted by molar-refractivity contribution is -0.131. The molecule has 0 aliphatic heterocycles. The molecule has 1 rings (SSSR count). The van der Waals surface area contributed by atoms with Crippen LogP contribution in [0.5, 0.6) is 0 Å². The minimum Gasteiger partial charge on any atom is -0.340 e. The fraction of sp³-hybridized carbons (Fsp3) is 0.917. The standard InChI is InChI=1S/C12H24N2O/c1-5-14(10-6-7-10)11(15)8-9-13-12(2,3)4/h10,13H,5-9H2,1-4H3. The highest BCUT2D eigenvalue weighted by molar-refractivity contribution is 5.77. The molecule has 0 radical (unpaired) electrons. The van der Waals surface area contributed by atoms with Crippen molar-refractivity contribution >= 4 is 5.91 Å². The maximum absolute atomic E-state index is 11.8. The summed E-state index contributed by atoms with van der Waals surface area (Å²) in [5.41, 5.74) is 0.108. The first-order valence-corrected chi connectivity index (χ1v) is 5.98. The highest BCUT2D eigenvalue weighted by atomic mass is 16.2. The van der Waals surface area contributed by atoms with Gasteiger partial charge in [-0.3, -0.25) is 4.79 Å². The molecule has 3 heteroatoms. The summed E-state index contributed by atoms with van der Waals surface area (Å²) < 4.78 is 0. The van der Waals surface area contributed by atoms with Crippen LogP contribution in [-0.2, 0) is 4.79 Å². The summed E-state index contributed by atoms with van der Waals surface area (Å²) in [4.78, 5) is 13.8. The molecule has 0 aromatic heterocycles. The van der Waals surface area contributed by atoms with Crippen LogP contribution in [0.1, 0.15) is 47.0 Å². The predicted octanol–water partition coefficient (Wildman–Crippen LogP) is 1.78. The monoisotopic (exact) mass is 212 g/mol. The Balaban J connectivity index is 2.22. The second kappa shape index (κ2) is 4.97. The van der Waals surface area contributed by atoms with Crippen LogP contribution in [0.4, 0.5) is 0 Å². The Kier molecular flexibility index (Phi) is 4.14. The number of nitrogens with one attached hydrogen (secondary N) is 1. The van der Waals surface area contributed by atoms with Crippen molar-refractivity contribution in [3.05, 3.63) is 0 Å². The van der Waals surface area contributed by atoms with E-state index in [2.05, 4.69) is 33.0 Å². The second-order valence-electron chi connectivity index (χ2n) is 5.34. The van der Waals surface area contributed by atoms with Crippen molar-refractivity contribution in [2.45, 2.75) is 58.5 Å². The maximum atomic E-state index is 11.8. The molecule has 0 saturated heterocycles. The first-order valence-electron chi connectivity index (χ1n) is 5.98. The van der Waals surface area contributed by atoms with Gasteiger partial charge in [0, 0.05) is 31.1 Å². The van der Waals surface area contributed by atoms with Gasteiger partial charge in [-0.2, -0.15) is 0 Å². The summed E-state index contributed by atoms with van der Waals surface area (Å²) in [5, 5.41) is 3.34. The fourth-order valence-corrected chi connectivity index (χ4v) is 1.71. The minimum atomic E-state index is 0.108. The summed E-state index contributed by atoms with van der Waals surface area (Å²) in [5.74, 6) is 0.303. The van der Waals surface area contributed by atoms with E-state index in [1.807, 2.05) is 4.90 Å². The van der Waals surface area contributed by atoms with Crippen LogP contribution in [0.2, 0.25) is 0 Å². The average Bonchev–Trinajstić information content (AvgIpc) is 2.87. The van der Waals surface area contributed by atoms with Crippen LogP contribution in [0, 0.1) is 0 Å². The molecule has 0 heterocycles. The first kappa shape index (κ1) is 12.5. The van der Waals surface area contributed by atoms with Crippen LogP contribution < -0.4 is 5.32 Å². The average molecular weight is 212 g/mol. The van der Waals surface area contributed by atoms with Crippen molar-refractivity contribution in [2.24, 2.45) is 0 Å². The molecule has 0 spiro atoms. The van der Waals surface area contributed by atoms with Crippen molar-refractivity contribution in [1.82, 2.24) is 10.2 Å². The maximum Gasteiger partial charge on any atom is 0.224 e. The van der Waals surface area contributed by atoms with E-state index in [9.17, 15) is 4.79 Å². The number of carbonyl (C=O) groups is 1. The normalized spacial score (nSPS) is 16.5. The molecule has 1 aliphatic carbocycles. The van der Waals surface area contributed by atoms with Gasteiger partial charge >= 0.3 is 0 Å². The molecule has 3 nitrogen and oxygen atoms in total. The molecule has 88 valence electrons. The number of rotatable bonds is 5. The third-order valence-corrected chi connectivity index (χ3v) is 2.64. The van der Waals surface area contributed by atoms with E-state index in [0.717, 1.165) is 13.1 Å². The highest BCUT2D eigenvalue weighted by Crippen LogP contribution is 2.26. The Hall–Kier alpha value is -0.570. The zero-order chi connectivity index (χ0) is 11.5. The van der Waals surface area contributed by atoms with E-state index in [1.165, 1.54) is 12.8 Å². The molecule has 1 saturated carbocycles. The van der Waals surface area contributed by atoms with Crippen LogP contribution in [0.15, 0.2) is 0 Å². The zero-order valence-electron chi connectivity index (χ0n) is 10.5. The molecule has 0 aromatic carbocycles. The van der Waals surface area contributed by atoms with Gasteiger partial charge in [-0.25, -0.2) is 0 Å². The SMILES string of the molecule is CCN(C(=O)CCNC(C)(C)C)C1CC1. The molecular weight excluding hydrogens is 188 g/mol. The number of nitrogens with zero attached hydrogens (tertiary/aromatic N) is 1. The van der Waals surface area contributed by atoms with Gasteiger partial charge in [0.25, 0.3) is 0 Å². The largest absolute Gasteiger partial charge is 0.340 e. The van der Waals surface area contributed by atoms with Crippen molar-refractivity contribution in [3.63, 3.8) is 0 Å². The summed E-state index contributed by atoms with van der Waals surface area (Å²) in [7, 11) is 0. The molecule has 1 N–H and O–H groups in total. The summed E-state index contributed by atoms with van der Waals surface area (Å²) in [6.07, 6.45) is 3.03. The molecule has 0 bridgehead atoms. The second-order valence-corrected chi connectivity index (χ2v) is 5.34. The topological polar surface area (TPSA) is 32.3 Å². The Bertz CT molecular complexity index is 216. The Morgan fingerprint density at radius 3 is 2.40 bits per heavy atom. The van der Waals surface area contributed by atoms with Gasteiger partial charge in [0.2, 0.25) is 5.91 Å². The quantitative estimate of drug-likeness (QED) is 0.753. The van der Waals surface area contributed by atoms with Crippen LogP contribution in [0.25, 0.3) is 0 Å². The number of carbonyl (C=O) groups excluding carboxylic acids is 1. The van der Waals surface area contributed by atoms with E-state index >= 15 is 0 Å². The van der Waals surface area contributed by atoms with Gasteiger partial charge < -0.3 is 10.2 Å². The van der Waals surface area contributed by atoms with E-state index < -0.39 is 0 Å². The minimum absolute atomic E-state index is 0.108. The molecule has 0 aromatic rings. The number of hydrogen-bond donors (Lipinski definition) is 1. The molecule has 15 heavy (non-hydrogen) atoms. The molecule has 0 unspecified atom stereocenters. The van der Waals surface area contributed by atoms with E-state index in [-0.39, 0.29) is 5.54 Å². The fourth-order valence-electron chi connectivity index (χ4n) is 1.71. The van der Waals surface area contributed by atoms with Crippen molar-refractivity contribution in [2.75, 3.05) is 13.1 Å². The summed E-state index contributed by atoms with van der Waals surface area (Å²) in [6.45, 7) is 10.1. The molecule has 0 atom stereocenters. The van der Waals surface area contributed by atoms with Crippen LogP contribution in [0.3, 0.4) is 0 Å². The van der Waals surface area contributed by atoms with Crippen LogP contribution in [-0.4, -0.2) is 35.5 Å². The number of amides is 1. The lowest BCUT2D eigenvalue weighted by Crippen LogP contribution is -2.40. The highest BCUT2D eigenvalue weighted by Gasteiger charge is 2.30. The zero-order valence-corrected chi connectivity index (χ0v) is 10.5. The Morgan fingerprint density at radius 1 is 1.40 bits per heavy atom. The van der Waals surface area contributed by atoms with E-state index in [0.29, 0.717) is 18.4 Å². The van der Waals surface area contributed by atoms with Gasteiger partial charge in [0.15, 0.2) is 0 Å². The summed E-state index contributed by atoms with van der Waals surface area (Å²) in [6, 6.07) is 0.553. The van der Waals surface area contributed by atoms with Gasteiger partial charge in [-0.05, 0) is 40.5 Å². The van der Waals surface area contributed by atoms with Gasteiger partial charge in [-0.15, -0.1) is 0 Å². The third-order valence-electron chi connectivity index (χ3n) is 2.64. The lowest BCUT2D eigenvalue weighted by Gasteiger charge is -2.23. The third kappa shape index (κ3) is 4.65. The lowest BCUT2D eigenvalue weighted by atomic mass is 10.1. The van der Waals surface area contributed by atoms with Crippen molar-refractivity contribution in [1.29, 1.82) is 0 Å². The smallest absolute Gasteiger partial charge is 0.224 e. The van der Waals surface area contributed by atoms with E-state index in [4.69, 9.17) is 0 Å². The molecule has 1 fully saturated rings. The molecule has 1 amide bonds. The predicted molar refractivity (Wildman–Crippen MR) is 62.8 cm³/mol. The van der Waals surface area contributed by atoms with Gasteiger partial charge in [0.1, 0.15) is 0 Å². The first-order chi connectivity index (χ1) is 6.94. The molecular formula is C12H24N2O. The van der Waals surface area contributed by atoms with Crippen molar-refractivity contribution < 1.29 is 4.79 Å². The molecule has 1 aliphatic rings. The van der Waals surface area contributed by atoms with Gasteiger partial charge in [0.05, 0.1) is 0 Å². The van der Waals surface area contributed by atoms with Crippen LogP contribution >= 0.6 is 0 Å². The van der Waals surface area contributed by atoms with Gasteiger partial charge in [-0.1, -0.05) is 0 Å². The van der Waals surface area contributed by atoms with Crippen molar-refractivity contribution in [3.8, 4) is 0 Å². The Labute approximate surface area is 93.2 Å². The summed E-state index contributed by atoms with van der Waals surface area (Å²) >= 11 is 0. The Morgan fingerprint density at radius 2 is 2.00 bits per heavy atom. The van der Waals surface area contributed by atoms with E-state index in [1.54, 1.807) is 0 Å². The number of hydrogen-bond acceptors (Lipinski definition) is 2.